The first-order valence-corrected chi connectivity index (χ1v) is 7.83. The Kier molecular flexibility index (Phi) is 3.41. The molecule has 19 heavy (non-hydrogen) atoms. The van der Waals surface area contributed by atoms with Crippen LogP contribution >= 0.6 is 27.3 Å². The molecule has 1 aliphatic carbocycles. The average molecular weight is 337 g/mol. The lowest BCUT2D eigenvalue weighted by atomic mass is 10.2. The summed E-state index contributed by atoms with van der Waals surface area (Å²) < 4.78 is 1.04. The molecule has 1 saturated carbocycles. The van der Waals surface area contributed by atoms with Gasteiger partial charge in [0.2, 0.25) is 5.91 Å². The lowest BCUT2D eigenvalue weighted by Gasteiger charge is -1.99. The second-order valence-corrected chi connectivity index (χ2v) is 6.63. The molecule has 0 saturated heterocycles. The lowest BCUT2D eigenvalue weighted by Crippen LogP contribution is -2.14. The number of anilines is 1. The molecule has 1 N–H and O–H groups in total. The SMILES string of the molecule is CC1CC1C(=O)Nc1nc(-c2ccc(Br)cc2)cs1. The van der Waals surface area contributed by atoms with Gasteiger partial charge in [-0.1, -0.05) is 35.0 Å². The molecule has 3 nitrogen and oxygen atoms in total. The zero-order valence-electron chi connectivity index (χ0n) is 10.4. The number of halogens is 1. The molecule has 0 bridgehead atoms. The summed E-state index contributed by atoms with van der Waals surface area (Å²) in [6.45, 7) is 2.10. The van der Waals surface area contributed by atoms with Crippen molar-refractivity contribution in [3.63, 3.8) is 0 Å². The van der Waals surface area contributed by atoms with Crippen LogP contribution in [0.4, 0.5) is 5.13 Å². The minimum absolute atomic E-state index is 0.101. The van der Waals surface area contributed by atoms with Crippen LogP contribution in [-0.4, -0.2) is 10.9 Å². The van der Waals surface area contributed by atoms with Crippen molar-refractivity contribution >= 4 is 38.3 Å². The molecule has 0 radical (unpaired) electrons. The molecule has 1 aromatic heterocycles. The molecule has 1 amide bonds. The van der Waals surface area contributed by atoms with Crippen LogP contribution in [0.15, 0.2) is 34.1 Å². The molecule has 1 aromatic carbocycles. The van der Waals surface area contributed by atoms with Crippen molar-refractivity contribution in [2.75, 3.05) is 5.32 Å². The van der Waals surface area contributed by atoms with Crippen LogP contribution < -0.4 is 5.32 Å². The van der Waals surface area contributed by atoms with Crippen LogP contribution in [0.25, 0.3) is 11.3 Å². The number of amides is 1. The van der Waals surface area contributed by atoms with Gasteiger partial charge in [0.1, 0.15) is 0 Å². The molecule has 2 atom stereocenters. The predicted molar refractivity (Wildman–Crippen MR) is 81.2 cm³/mol. The molecule has 1 heterocycles. The Balaban J connectivity index is 1.72. The highest BCUT2D eigenvalue weighted by atomic mass is 79.9. The fourth-order valence-electron chi connectivity index (χ4n) is 1.97. The van der Waals surface area contributed by atoms with E-state index in [9.17, 15) is 4.79 Å². The molecule has 3 rings (SSSR count). The van der Waals surface area contributed by atoms with E-state index in [0.29, 0.717) is 11.0 Å². The van der Waals surface area contributed by atoms with E-state index < -0.39 is 0 Å². The number of carbonyl (C=O) groups is 1. The molecule has 2 unspecified atom stereocenters. The minimum Gasteiger partial charge on any atom is -0.302 e. The van der Waals surface area contributed by atoms with Crippen molar-refractivity contribution in [1.29, 1.82) is 0 Å². The molecule has 0 aliphatic heterocycles. The van der Waals surface area contributed by atoms with Gasteiger partial charge in [0.05, 0.1) is 5.69 Å². The summed E-state index contributed by atoms with van der Waals surface area (Å²) >= 11 is 4.88. The maximum Gasteiger partial charge on any atom is 0.229 e. The number of nitrogens with one attached hydrogen (secondary N) is 1. The molecular formula is C14H13BrN2OS. The maximum absolute atomic E-state index is 11.8. The van der Waals surface area contributed by atoms with Crippen LogP contribution in [0.5, 0.6) is 0 Å². The summed E-state index contributed by atoms with van der Waals surface area (Å²) in [6.07, 6.45) is 0.997. The number of thiazole rings is 1. The van der Waals surface area contributed by atoms with E-state index in [4.69, 9.17) is 0 Å². The highest BCUT2D eigenvalue weighted by Gasteiger charge is 2.39. The van der Waals surface area contributed by atoms with E-state index in [1.165, 1.54) is 11.3 Å². The van der Waals surface area contributed by atoms with Crippen LogP contribution in [0.1, 0.15) is 13.3 Å². The zero-order valence-corrected chi connectivity index (χ0v) is 12.8. The van der Waals surface area contributed by atoms with Crippen molar-refractivity contribution < 1.29 is 4.79 Å². The number of nitrogens with zero attached hydrogens (tertiary/aromatic N) is 1. The van der Waals surface area contributed by atoms with Crippen molar-refractivity contribution in [1.82, 2.24) is 4.98 Å². The number of aromatic nitrogens is 1. The van der Waals surface area contributed by atoms with Gasteiger partial charge >= 0.3 is 0 Å². The third kappa shape index (κ3) is 2.87. The Morgan fingerprint density at radius 2 is 2.11 bits per heavy atom. The summed E-state index contributed by atoms with van der Waals surface area (Å²) in [4.78, 5) is 16.3. The normalized spacial score (nSPS) is 21.2. The largest absolute Gasteiger partial charge is 0.302 e. The van der Waals surface area contributed by atoms with Crippen molar-refractivity contribution in [3.8, 4) is 11.3 Å². The van der Waals surface area contributed by atoms with E-state index in [1.54, 1.807) is 0 Å². The summed E-state index contributed by atoms with van der Waals surface area (Å²) in [5, 5.41) is 5.54. The van der Waals surface area contributed by atoms with Gasteiger partial charge in [-0.25, -0.2) is 4.98 Å². The van der Waals surface area contributed by atoms with Gasteiger partial charge in [-0.15, -0.1) is 11.3 Å². The Morgan fingerprint density at radius 1 is 1.42 bits per heavy atom. The second-order valence-electron chi connectivity index (χ2n) is 4.85. The van der Waals surface area contributed by atoms with E-state index in [2.05, 4.69) is 33.2 Å². The zero-order chi connectivity index (χ0) is 13.4. The molecule has 98 valence electrons. The lowest BCUT2D eigenvalue weighted by molar-refractivity contribution is -0.117. The van der Waals surface area contributed by atoms with Gasteiger partial charge in [-0.05, 0) is 24.5 Å². The van der Waals surface area contributed by atoms with Crippen LogP contribution in [0.2, 0.25) is 0 Å². The molecule has 5 heteroatoms. The van der Waals surface area contributed by atoms with Gasteiger partial charge in [0.15, 0.2) is 5.13 Å². The molecule has 0 spiro atoms. The highest BCUT2D eigenvalue weighted by molar-refractivity contribution is 9.10. The molecular weight excluding hydrogens is 324 g/mol. The first-order chi connectivity index (χ1) is 9.13. The fraction of sp³-hybridized carbons (Fsp3) is 0.286. The summed E-state index contributed by atoms with van der Waals surface area (Å²) in [7, 11) is 0. The Labute approximate surface area is 124 Å². The van der Waals surface area contributed by atoms with Gasteiger partial charge in [0.25, 0.3) is 0 Å². The maximum atomic E-state index is 11.8. The Morgan fingerprint density at radius 3 is 2.74 bits per heavy atom. The number of benzene rings is 1. The monoisotopic (exact) mass is 336 g/mol. The minimum atomic E-state index is 0.101. The van der Waals surface area contributed by atoms with Crippen molar-refractivity contribution in [3.05, 3.63) is 34.1 Å². The quantitative estimate of drug-likeness (QED) is 0.913. The number of hydrogen-bond donors (Lipinski definition) is 1. The van der Waals surface area contributed by atoms with Crippen LogP contribution in [0, 0.1) is 11.8 Å². The van der Waals surface area contributed by atoms with E-state index in [0.717, 1.165) is 22.2 Å². The highest BCUT2D eigenvalue weighted by Crippen LogP contribution is 2.38. The van der Waals surface area contributed by atoms with Gasteiger partial charge in [-0.2, -0.15) is 0 Å². The first-order valence-electron chi connectivity index (χ1n) is 6.16. The van der Waals surface area contributed by atoms with Crippen molar-refractivity contribution in [2.24, 2.45) is 11.8 Å². The fourth-order valence-corrected chi connectivity index (χ4v) is 2.96. The number of rotatable bonds is 3. The van der Waals surface area contributed by atoms with Gasteiger partial charge in [-0.3, -0.25) is 4.79 Å². The third-order valence-corrected chi connectivity index (χ3v) is 4.61. The van der Waals surface area contributed by atoms with E-state index >= 15 is 0 Å². The van der Waals surface area contributed by atoms with Crippen LogP contribution in [0.3, 0.4) is 0 Å². The number of hydrogen-bond acceptors (Lipinski definition) is 3. The van der Waals surface area contributed by atoms with Crippen LogP contribution in [-0.2, 0) is 4.79 Å². The molecule has 1 fully saturated rings. The summed E-state index contributed by atoms with van der Waals surface area (Å²) in [5.41, 5.74) is 1.95. The molecule has 1 aliphatic rings. The second kappa shape index (κ2) is 5.06. The Hall–Kier alpha value is -1.20. The van der Waals surface area contributed by atoms with E-state index in [-0.39, 0.29) is 11.8 Å². The van der Waals surface area contributed by atoms with E-state index in [1.807, 2.05) is 29.6 Å². The summed E-state index contributed by atoms with van der Waals surface area (Å²) in [6, 6.07) is 7.99. The predicted octanol–water partition coefficient (Wildman–Crippen LogP) is 4.17. The third-order valence-electron chi connectivity index (χ3n) is 3.32. The Bertz CT molecular complexity index is 608. The van der Waals surface area contributed by atoms with Crippen molar-refractivity contribution in [2.45, 2.75) is 13.3 Å². The smallest absolute Gasteiger partial charge is 0.229 e. The topological polar surface area (TPSA) is 42.0 Å². The molecule has 2 aromatic rings. The van der Waals surface area contributed by atoms with Gasteiger partial charge in [0, 0.05) is 21.3 Å². The van der Waals surface area contributed by atoms with Gasteiger partial charge < -0.3 is 5.32 Å². The summed E-state index contributed by atoms with van der Waals surface area (Å²) in [5.74, 6) is 0.801. The standard InChI is InChI=1S/C14H13BrN2OS/c1-8-6-11(8)13(18)17-14-16-12(7-19-14)9-2-4-10(15)5-3-9/h2-5,7-8,11H,6H2,1H3,(H,16,17,18). The first kappa shape index (κ1) is 12.8. The average Bonchev–Trinajstić information content (AvgIpc) is 2.95. The number of carbonyl (C=O) groups excluding carboxylic acids is 1.